The van der Waals surface area contributed by atoms with E-state index in [1.54, 1.807) is 18.3 Å². The molecule has 1 aliphatic rings. The summed E-state index contributed by atoms with van der Waals surface area (Å²) in [5.74, 6) is 0. The molecule has 37 heavy (non-hydrogen) atoms. The number of ether oxygens (including phenoxy) is 1. The van der Waals surface area contributed by atoms with E-state index in [0.717, 1.165) is 48.6 Å². The number of amides is 1. The number of aryl methyl sites for hydroxylation is 2. The second-order valence-corrected chi connectivity index (χ2v) is 13.1. The summed E-state index contributed by atoms with van der Waals surface area (Å²) in [5.41, 5.74) is 2.39. The van der Waals surface area contributed by atoms with E-state index in [9.17, 15) is 13.2 Å². The average Bonchev–Trinajstić information content (AvgIpc) is 3.28. The summed E-state index contributed by atoms with van der Waals surface area (Å²) in [6.07, 6.45) is 7.81. The Labute approximate surface area is 221 Å². The van der Waals surface area contributed by atoms with Crippen LogP contribution in [0.25, 0.3) is 10.9 Å². The van der Waals surface area contributed by atoms with Gasteiger partial charge in [-0.15, -0.1) is 6.58 Å². The van der Waals surface area contributed by atoms with Gasteiger partial charge in [-0.1, -0.05) is 35.9 Å². The van der Waals surface area contributed by atoms with Gasteiger partial charge in [-0.3, -0.25) is 0 Å². The van der Waals surface area contributed by atoms with E-state index in [4.69, 9.17) is 4.74 Å². The fourth-order valence-electron chi connectivity index (χ4n) is 5.21. The summed E-state index contributed by atoms with van der Waals surface area (Å²) in [4.78, 5) is 14.6. The molecule has 0 aliphatic carbocycles. The number of hydrogen-bond acceptors (Lipinski definition) is 4. The molecule has 4 rings (SSSR count). The Morgan fingerprint density at radius 2 is 1.76 bits per heavy atom. The van der Waals surface area contributed by atoms with Gasteiger partial charge in [0.25, 0.3) is 10.0 Å². The van der Waals surface area contributed by atoms with Gasteiger partial charge in [0.2, 0.25) is 0 Å². The second kappa shape index (κ2) is 10.4. The van der Waals surface area contributed by atoms with Gasteiger partial charge in [0.15, 0.2) is 0 Å². The first-order chi connectivity index (χ1) is 17.4. The maximum atomic E-state index is 13.4. The molecule has 1 amide bonds. The molecule has 7 heteroatoms. The first-order valence-corrected chi connectivity index (χ1v) is 14.4. The van der Waals surface area contributed by atoms with Crippen molar-refractivity contribution in [2.45, 2.75) is 70.3 Å². The maximum Gasteiger partial charge on any atom is 0.410 e. The number of allylic oxidation sites excluding steroid dienone is 1. The highest BCUT2D eigenvalue weighted by Gasteiger charge is 2.36. The van der Waals surface area contributed by atoms with Crippen LogP contribution in [-0.4, -0.2) is 42.1 Å². The van der Waals surface area contributed by atoms with Crippen molar-refractivity contribution in [3.8, 4) is 0 Å². The Bertz CT molecular complexity index is 1370. The van der Waals surface area contributed by atoms with Crippen molar-refractivity contribution in [3.63, 3.8) is 0 Å². The number of aromatic nitrogens is 1. The number of carbonyl (C=O) groups excluding carboxylic acids is 1. The van der Waals surface area contributed by atoms with E-state index in [0.29, 0.717) is 18.6 Å². The minimum atomic E-state index is -3.69. The molecule has 198 valence electrons. The lowest BCUT2D eigenvalue weighted by molar-refractivity contribution is 0.00923. The van der Waals surface area contributed by atoms with Crippen molar-refractivity contribution in [2.75, 3.05) is 13.1 Å². The molecule has 0 atom stereocenters. The molecule has 1 fully saturated rings. The molecule has 1 aliphatic heterocycles. The topological polar surface area (TPSA) is 68.6 Å². The Hall–Kier alpha value is -3.06. The van der Waals surface area contributed by atoms with Crippen LogP contribution in [0.1, 0.15) is 57.6 Å². The third-order valence-electron chi connectivity index (χ3n) is 7.34. The number of likely N-dealkylation sites (tertiary alicyclic amines) is 1. The van der Waals surface area contributed by atoms with Gasteiger partial charge in [-0.25, -0.2) is 17.2 Å². The highest BCUT2D eigenvalue weighted by atomic mass is 32.2. The summed E-state index contributed by atoms with van der Waals surface area (Å²) in [6.45, 7) is 12.9. The number of hydrogen-bond donors (Lipinski definition) is 0. The van der Waals surface area contributed by atoms with Crippen LogP contribution in [0.15, 0.2) is 72.3 Å². The minimum Gasteiger partial charge on any atom is -0.444 e. The molecule has 0 N–H and O–H groups in total. The molecule has 0 unspecified atom stereocenters. The zero-order valence-corrected chi connectivity index (χ0v) is 23.2. The third-order valence-corrected chi connectivity index (χ3v) is 9.05. The summed E-state index contributed by atoms with van der Waals surface area (Å²) in [7, 11) is -3.69. The molecule has 0 spiro atoms. The quantitative estimate of drug-likeness (QED) is 0.323. The molecule has 6 nitrogen and oxygen atoms in total. The van der Waals surface area contributed by atoms with Crippen LogP contribution >= 0.6 is 0 Å². The van der Waals surface area contributed by atoms with E-state index in [-0.39, 0.29) is 16.4 Å². The summed E-state index contributed by atoms with van der Waals surface area (Å²) < 4.78 is 33.7. The normalized spacial score (nSPS) is 16.1. The number of nitrogens with zero attached hydrogens (tertiary/aromatic N) is 2. The predicted molar refractivity (Wildman–Crippen MR) is 148 cm³/mol. The number of rotatable bonds is 7. The van der Waals surface area contributed by atoms with Gasteiger partial charge < -0.3 is 9.64 Å². The lowest BCUT2D eigenvalue weighted by Gasteiger charge is -2.42. The molecule has 2 heterocycles. The van der Waals surface area contributed by atoms with Crippen LogP contribution in [0.4, 0.5) is 4.79 Å². The zero-order valence-electron chi connectivity index (χ0n) is 22.4. The van der Waals surface area contributed by atoms with Crippen LogP contribution < -0.4 is 0 Å². The first kappa shape index (κ1) is 27.0. The van der Waals surface area contributed by atoms with Gasteiger partial charge in [-0.2, -0.15) is 0 Å². The van der Waals surface area contributed by atoms with Gasteiger partial charge in [-0.05, 0) is 95.0 Å². The average molecular weight is 523 g/mol. The predicted octanol–water partition coefficient (Wildman–Crippen LogP) is 6.71. The van der Waals surface area contributed by atoms with Crippen molar-refractivity contribution in [1.29, 1.82) is 0 Å². The fraction of sp³-hybridized carbons (Fsp3) is 0.433. The Kier molecular flexibility index (Phi) is 7.56. The molecule has 3 aromatic rings. The lowest BCUT2D eigenvalue weighted by Crippen LogP contribution is -2.45. The van der Waals surface area contributed by atoms with Crippen LogP contribution in [0.3, 0.4) is 0 Å². The largest absolute Gasteiger partial charge is 0.444 e. The Balaban J connectivity index is 1.52. The number of carbonyl (C=O) groups is 1. The lowest BCUT2D eigenvalue weighted by atomic mass is 9.72. The van der Waals surface area contributed by atoms with Crippen molar-refractivity contribution < 1.29 is 17.9 Å². The maximum absolute atomic E-state index is 13.4. The molecule has 0 bridgehead atoms. The zero-order chi connectivity index (χ0) is 26.8. The Morgan fingerprint density at radius 1 is 1.08 bits per heavy atom. The van der Waals surface area contributed by atoms with Gasteiger partial charge in [0.1, 0.15) is 5.60 Å². The third kappa shape index (κ3) is 5.93. The number of fused-ring (bicyclic) bond motifs is 1. The van der Waals surface area contributed by atoms with E-state index in [1.807, 2.05) is 69.0 Å². The molecule has 1 saturated heterocycles. The van der Waals surface area contributed by atoms with Crippen molar-refractivity contribution in [1.82, 2.24) is 8.87 Å². The highest BCUT2D eigenvalue weighted by Crippen LogP contribution is 2.41. The molecule has 2 aromatic carbocycles. The second-order valence-electron chi connectivity index (χ2n) is 11.2. The van der Waals surface area contributed by atoms with Gasteiger partial charge >= 0.3 is 6.09 Å². The van der Waals surface area contributed by atoms with E-state index in [2.05, 4.69) is 12.6 Å². The SMILES string of the molecule is C=CCC1(CCc2cccc3c2ccn3S(=O)(=O)c2ccc(C)cc2)CCN(C(=O)OC(C)(C)C)CC1. The smallest absolute Gasteiger partial charge is 0.410 e. The summed E-state index contributed by atoms with van der Waals surface area (Å²) in [5, 5.41) is 0.957. The number of benzene rings is 2. The Morgan fingerprint density at radius 3 is 2.38 bits per heavy atom. The van der Waals surface area contributed by atoms with E-state index in [1.165, 1.54) is 3.97 Å². The highest BCUT2D eigenvalue weighted by molar-refractivity contribution is 7.90. The van der Waals surface area contributed by atoms with Crippen molar-refractivity contribution in [2.24, 2.45) is 5.41 Å². The number of piperidine rings is 1. The summed E-state index contributed by atoms with van der Waals surface area (Å²) in [6, 6.07) is 14.7. The van der Waals surface area contributed by atoms with Crippen molar-refractivity contribution >= 4 is 27.0 Å². The molecular formula is C30H38N2O4S. The molecular weight excluding hydrogens is 484 g/mol. The van der Waals surface area contributed by atoms with Gasteiger partial charge in [0, 0.05) is 24.7 Å². The van der Waals surface area contributed by atoms with Crippen LogP contribution in [0, 0.1) is 12.3 Å². The van der Waals surface area contributed by atoms with Crippen LogP contribution in [0.2, 0.25) is 0 Å². The molecule has 1 aromatic heterocycles. The van der Waals surface area contributed by atoms with Gasteiger partial charge in [0.05, 0.1) is 10.4 Å². The minimum absolute atomic E-state index is 0.0545. The van der Waals surface area contributed by atoms with E-state index >= 15 is 0 Å². The van der Waals surface area contributed by atoms with Crippen LogP contribution in [-0.2, 0) is 21.2 Å². The van der Waals surface area contributed by atoms with E-state index < -0.39 is 15.6 Å². The summed E-state index contributed by atoms with van der Waals surface area (Å²) >= 11 is 0. The van der Waals surface area contributed by atoms with Crippen molar-refractivity contribution in [3.05, 3.63) is 78.5 Å². The van der Waals surface area contributed by atoms with Crippen LogP contribution in [0.5, 0.6) is 0 Å². The fourth-order valence-corrected chi connectivity index (χ4v) is 6.56. The molecule has 0 radical (unpaired) electrons. The first-order valence-electron chi connectivity index (χ1n) is 12.9. The molecule has 0 saturated carbocycles. The monoisotopic (exact) mass is 522 g/mol. The standard InChI is InChI=1S/C30H38N2O4S/c1-6-16-30(18-21-31(22-19-30)28(33)36-29(3,4)5)17-14-24-8-7-9-27-26(24)15-20-32(27)37(34,35)25-12-10-23(2)11-13-25/h6-13,15,20H,1,14,16-19,21-22H2,2-5H3.